The average molecular weight is 366 g/mol. The van der Waals surface area contributed by atoms with E-state index in [4.69, 9.17) is 14.2 Å². The van der Waals surface area contributed by atoms with Crippen molar-refractivity contribution in [2.24, 2.45) is 0 Å². The van der Waals surface area contributed by atoms with Crippen molar-refractivity contribution in [2.45, 2.75) is 20.8 Å². The van der Waals surface area contributed by atoms with E-state index in [0.717, 1.165) is 22.5 Å². The van der Waals surface area contributed by atoms with Gasteiger partial charge in [-0.1, -0.05) is 17.7 Å². The predicted octanol–water partition coefficient (Wildman–Crippen LogP) is 4.03. The van der Waals surface area contributed by atoms with E-state index in [2.05, 4.69) is 11.2 Å². The summed E-state index contributed by atoms with van der Waals surface area (Å²) < 4.78 is 17.7. The van der Waals surface area contributed by atoms with Gasteiger partial charge in [-0.15, -0.1) is 0 Å². The van der Waals surface area contributed by atoms with E-state index in [-0.39, 0.29) is 0 Å². The van der Waals surface area contributed by atoms with Crippen molar-refractivity contribution in [1.82, 2.24) is 9.78 Å². The van der Waals surface area contributed by atoms with Gasteiger partial charge in [0, 0.05) is 12.1 Å². The minimum atomic E-state index is -0.527. The molecular weight excluding hydrogens is 344 g/mol. The number of hydrogen-bond acceptors (Lipinski definition) is 5. The molecule has 0 atom stereocenters. The molecule has 0 aliphatic heterocycles. The molecule has 6 heteroatoms. The van der Waals surface area contributed by atoms with Crippen molar-refractivity contribution in [3.05, 3.63) is 64.8 Å². The van der Waals surface area contributed by atoms with Crippen molar-refractivity contribution in [3.8, 4) is 23.1 Å². The Labute approximate surface area is 158 Å². The Kier molecular flexibility index (Phi) is 5.16. The number of carbonyl (C=O) groups excluding carboxylic acids is 1. The van der Waals surface area contributed by atoms with E-state index >= 15 is 0 Å². The Morgan fingerprint density at radius 1 is 0.963 bits per heavy atom. The van der Waals surface area contributed by atoms with E-state index in [9.17, 15) is 4.79 Å². The molecule has 1 heterocycles. The SMILES string of the molecule is COc1ccc(C(=O)Oc2cc(C)nn2-c2ccc(C)cc2C)c(OC)c1. The van der Waals surface area contributed by atoms with Crippen molar-refractivity contribution >= 4 is 5.97 Å². The number of aromatic nitrogens is 2. The molecule has 0 saturated carbocycles. The van der Waals surface area contributed by atoms with Crippen LogP contribution in [0.4, 0.5) is 0 Å². The van der Waals surface area contributed by atoms with E-state index in [1.807, 2.05) is 32.9 Å². The van der Waals surface area contributed by atoms with Crippen molar-refractivity contribution in [3.63, 3.8) is 0 Å². The van der Waals surface area contributed by atoms with Gasteiger partial charge in [0.15, 0.2) is 0 Å². The smallest absolute Gasteiger partial charge is 0.348 e. The summed E-state index contributed by atoms with van der Waals surface area (Å²) in [6.45, 7) is 5.88. The number of ether oxygens (including phenoxy) is 3. The van der Waals surface area contributed by atoms with Gasteiger partial charge in [0.25, 0.3) is 0 Å². The van der Waals surface area contributed by atoms with Gasteiger partial charge in [0.2, 0.25) is 5.88 Å². The normalized spacial score (nSPS) is 10.6. The van der Waals surface area contributed by atoms with Gasteiger partial charge in [-0.25, -0.2) is 9.48 Å². The fourth-order valence-corrected chi connectivity index (χ4v) is 2.88. The summed E-state index contributed by atoms with van der Waals surface area (Å²) >= 11 is 0. The minimum absolute atomic E-state index is 0.310. The van der Waals surface area contributed by atoms with Crippen LogP contribution < -0.4 is 14.2 Å². The van der Waals surface area contributed by atoms with Gasteiger partial charge in [0.05, 0.1) is 25.6 Å². The first-order valence-electron chi connectivity index (χ1n) is 8.51. The lowest BCUT2D eigenvalue weighted by Crippen LogP contribution is -2.13. The lowest BCUT2D eigenvalue weighted by atomic mass is 10.1. The maximum atomic E-state index is 12.7. The highest BCUT2D eigenvalue weighted by Crippen LogP contribution is 2.28. The van der Waals surface area contributed by atoms with Crippen LogP contribution in [0.25, 0.3) is 5.69 Å². The van der Waals surface area contributed by atoms with Crippen LogP contribution >= 0.6 is 0 Å². The van der Waals surface area contributed by atoms with Gasteiger partial charge >= 0.3 is 5.97 Å². The summed E-state index contributed by atoms with van der Waals surface area (Å²) in [7, 11) is 3.05. The maximum absolute atomic E-state index is 12.7. The zero-order valence-electron chi connectivity index (χ0n) is 16.1. The Morgan fingerprint density at radius 2 is 1.74 bits per heavy atom. The molecule has 0 aliphatic rings. The van der Waals surface area contributed by atoms with Gasteiger partial charge in [-0.3, -0.25) is 0 Å². The first-order valence-corrected chi connectivity index (χ1v) is 8.51. The van der Waals surface area contributed by atoms with Gasteiger partial charge in [-0.2, -0.15) is 5.10 Å². The zero-order chi connectivity index (χ0) is 19.6. The fraction of sp³-hybridized carbons (Fsp3) is 0.238. The third kappa shape index (κ3) is 3.79. The third-order valence-corrected chi connectivity index (χ3v) is 4.21. The molecule has 0 saturated heterocycles. The van der Waals surface area contributed by atoms with Crippen molar-refractivity contribution in [2.75, 3.05) is 14.2 Å². The number of benzene rings is 2. The Balaban J connectivity index is 1.96. The maximum Gasteiger partial charge on any atom is 0.348 e. The number of carbonyl (C=O) groups is 1. The first-order chi connectivity index (χ1) is 12.9. The van der Waals surface area contributed by atoms with E-state index in [0.29, 0.717) is 22.9 Å². The number of hydrogen-bond donors (Lipinski definition) is 0. The molecule has 0 spiro atoms. The quantitative estimate of drug-likeness (QED) is 0.638. The molecule has 1 aromatic heterocycles. The summed E-state index contributed by atoms with van der Waals surface area (Å²) in [5.41, 5.74) is 4.11. The fourth-order valence-electron chi connectivity index (χ4n) is 2.88. The molecule has 27 heavy (non-hydrogen) atoms. The highest BCUT2D eigenvalue weighted by Gasteiger charge is 2.19. The molecule has 0 N–H and O–H groups in total. The monoisotopic (exact) mass is 366 g/mol. The average Bonchev–Trinajstić information content (AvgIpc) is 3.00. The standard InChI is InChI=1S/C21H22N2O4/c1-13-6-9-18(14(2)10-13)23-20(11-15(3)22-23)27-21(24)17-8-7-16(25-4)12-19(17)26-5/h6-12H,1-5H3. The second-order valence-corrected chi connectivity index (χ2v) is 6.28. The summed E-state index contributed by atoms with van der Waals surface area (Å²) in [4.78, 5) is 12.7. The van der Waals surface area contributed by atoms with Crippen molar-refractivity contribution in [1.29, 1.82) is 0 Å². The summed E-state index contributed by atoms with van der Waals surface area (Å²) in [5, 5.41) is 4.48. The molecule has 0 bridgehead atoms. The predicted molar refractivity (Wildman–Crippen MR) is 102 cm³/mol. The lowest BCUT2D eigenvalue weighted by Gasteiger charge is -2.12. The lowest BCUT2D eigenvalue weighted by molar-refractivity contribution is 0.0719. The second-order valence-electron chi connectivity index (χ2n) is 6.28. The van der Waals surface area contributed by atoms with Crippen LogP contribution in [0.2, 0.25) is 0 Å². The zero-order valence-corrected chi connectivity index (χ0v) is 16.1. The van der Waals surface area contributed by atoms with Crippen LogP contribution in [0.1, 0.15) is 27.2 Å². The largest absolute Gasteiger partial charge is 0.497 e. The minimum Gasteiger partial charge on any atom is -0.497 e. The number of esters is 1. The van der Waals surface area contributed by atoms with Gasteiger partial charge in [0.1, 0.15) is 17.1 Å². The number of methoxy groups -OCH3 is 2. The molecule has 0 amide bonds. The Bertz CT molecular complexity index is 992. The van der Waals surface area contributed by atoms with E-state index < -0.39 is 5.97 Å². The molecule has 140 valence electrons. The molecule has 0 fully saturated rings. The van der Waals surface area contributed by atoms with Crippen LogP contribution in [0.5, 0.6) is 17.4 Å². The van der Waals surface area contributed by atoms with Crippen LogP contribution in [0.15, 0.2) is 42.5 Å². The highest BCUT2D eigenvalue weighted by molar-refractivity contribution is 5.94. The Hall–Kier alpha value is -3.28. The van der Waals surface area contributed by atoms with Crippen molar-refractivity contribution < 1.29 is 19.0 Å². The van der Waals surface area contributed by atoms with Crippen LogP contribution in [0.3, 0.4) is 0 Å². The molecule has 3 aromatic rings. The number of aryl methyl sites for hydroxylation is 3. The topological polar surface area (TPSA) is 62.6 Å². The van der Waals surface area contributed by atoms with Gasteiger partial charge in [-0.05, 0) is 44.5 Å². The molecular formula is C21H22N2O4. The molecule has 0 radical (unpaired) electrons. The number of nitrogens with zero attached hydrogens (tertiary/aromatic N) is 2. The number of rotatable bonds is 5. The van der Waals surface area contributed by atoms with E-state index in [1.54, 1.807) is 36.1 Å². The highest BCUT2D eigenvalue weighted by atomic mass is 16.5. The van der Waals surface area contributed by atoms with Crippen LogP contribution in [-0.4, -0.2) is 30.0 Å². The van der Waals surface area contributed by atoms with E-state index in [1.165, 1.54) is 7.11 Å². The molecule has 3 rings (SSSR count). The molecule has 0 aliphatic carbocycles. The second kappa shape index (κ2) is 7.53. The first kappa shape index (κ1) is 18.5. The molecule has 2 aromatic carbocycles. The van der Waals surface area contributed by atoms with Gasteiger partial charge < -0.3 is 14.2 Å². The summed E-state index contributed by atoms with van der Waals surface area (Å²) in [6, 6.07) is 12.7. The van der Waals surface area contributed by atoms with Crippen LogP contribution in [-0.2, 0) is 0 Å². The van der Waals surface area contributed by atoms with Crippen LogP contribution in [0, 0.1) is 20.8 Å². The summed E-state index contributed by atoms with van der Waals surface area (Å²) in [5.74, 6) is 0.802. The summed E-state index contributed by atoms with van der Waals surface area (Å²) in [6.07, 6.45) is 0. The molecule has 0 unspecified atom stereocenters. The third-order valence-electron chi connectivity index (χ3n) is 4.21. The Morgan fingerprint density at radius 3 is 2.41 bits per heavy atom. The molecule has 6 nitrogen and oxygen atoms in total.